The summed E-state index contributed by atoms with van der Waals surface area (Å²) in [6.07, 6.45) is 22.7. The first kappa shape index (κ1) is 25.6. The quantitative estimate of drug-likeness (QED) is 0.220. The molecule has 44 heavy (non-hydrogen) atoms. The Bertz CT molecular complexity index is 1700. The fraction of sp³-hybridized carbons (Fsp3) is 0.250. The molecule has 2 fully saturated rings. The maximum Gasteiger partial charge on any atom is 0.0270 e. The maximum atomic E-state index is 4.36. The molecule has 0 radical (unpaired) electrons. The number of pyridine rings is 4. The van der Waals surface area contributed by atoms with E-state index in [1.165, 1.54) is 33.4 Å². The highest BCUT2D eigenvalue weighted by Crippen LogP contribution is 2.68. The van der Waals surface area contributed by atoms with Crippen molar-refractivity contribution in [2.24, 2.45) is 11.8 Å². The van der Waals surface area contributed by atoms with Crippen LogP contribution in [0.1, 0.15) is 81.7 Å². The molecule has 0 amide bonds. The topological polar surface area (TPSA) is 51.6 Å². The van der Waals surface area contributed by atoms with Gasteiger partial charge in [-0.2, -0.15) is 0 Å². The Labute approximate surface area is 258 Å². The number of aromatic nitrogens is 4. The van der Waals surface area contributed by atoms with E-state index in [1.807, 2.05) is 49.6 Å². The normalized spacial score (nSPS) is 29.7. The van der Waals surface area contributed by atoms with Gasteiger partial charge in [-0.25, -0.2) is 0 Å². The Morgan fingerprint density at radius 1 is 0.364 bits per heavy atom. The largest absolute Gasteiger partial charge is 0.265 e. The molecule has 12 rings (SSSR count). The van der Waals surface area contributed by atoms with Crippen LogP contribution < -0.4 is 0 Å². The highest BCUT2D eigenvalue weighted by molar-refractivity contribution is 5.50. The molecule has 4 nitrogen and oxygen atoms in total. The van der Waals surface area contributed by atoms with Crippen molar-refractivity contribution >= 4 is 0 Å². The van der Waals surface area contributed by atoms with Crippen LogP contribution in [0.2, 0.25) is 0 Å². The lowest BCUT2D eigenvalue weighted by Gasteiger charge is -2.56. The molecule has 212 valence electrons. The van der Waals surface area contributed by atoms with Crippen LogP contribution in [0.3, 0.4) is 0 Å². The van der Waals surface area contributed by atoms with Crippen LogP contribution in [0, 0.1) is 24.0 Å². The van der Waals surface area contributed by atoms with Gasteiger partial charge in [0.15, 0.2) is 0 Å². The SMILES string of the molecule is c1c2ccc(c#1)C1C(C3=CC=C(CC3)C3C2C(c2ccncc2)C3c2ccncc2)C(c2ccncc2)C1c1ccncc1. The van der Waals surface area contributed by atoms with E-state index in [9.17, 15) is 0 Å². The lowest BCUT2D eigenvalue weighted by atomic mass is 9.46. The van der Waals surface area contributed by atoms with Gasteiger partial charge in [-0.15, -0.1) is 0 Å². The third-order valence-electron chi connectivity index (χ3n) is 11.0. The van der Waals surface area contributed by atoms with Crippen molar-refractivity contribution < 1.29 is 0 Å². The third-order valence-corrected chi connectivity index (χ3v) is 11.0. The first-order chi connectivity index (χ1) is 21.9. The zero-order valence-electron chi connectivity index (χ0n) is 24.4. The van der Waals surface area contributed by atoms with Crippen LogP contribution in [0.15, 0.2) is 134 Å². The average Bonchev–Trinajstić information content (AvgIpc) is 3.07. The molecule has 0 N–H and O–H groups in total. The highest BCUT2D eigenvalue weighted by atomic mass is 14.7. The third kappa shape index (κ3) is 3.92. The van der Waals surface area contributed by atoms with Crippen LogP contribution in [-0.2, 0) is 0 Å². The fourth-order valence-electron chi connectivity index (χ4n) is 9.21. The minimum absolute atomic E-state index is 0.333. The molecule has 0 spiro atoms. The van der Waals surface area contributed by atoms with Crippen molar-refractivity contribution in [1.29, 1.82) is 0 Å². The molecular formula is C40H32N4. The zero-order chi connectivity index (χ0) is 29.0. The lowest BCUT2D eigenvalue weighted by molar-refractivity contribution is 0.174. The maximum absolute atomic E-state index is 4.36. The molecule has 8 unspecified atom stereocenters. The van der Waals surface area contributed by atoms with Crippen molar-refractivity contribution in [2.45, 2.75) is 48.3 Å². The molecule has 7 aliphatic rings. The molecule has 7 aliphatic carbocycles. The monoisotopic (exact) mass is 568 g/mol. The summed E-state index contributed by atoms with van der Waals surface area (Å²) in [5, 5.41) is 0. The molecule has 5 aromatic rings. The Morgan fingerprint density at radius 2 is 0.659 bits per heavy atom. The van der Waals surface area contributed by atoms with E-state index in [4.69, 9.17) is 0 Å². The average molecular weight is 569 g/mol. The van der Waals surface area contributed by atoms with Crippen molar-refractivity contribution in [2.75, 3.05) is 0 Å². The summed E-state index contributed by atoms with van der Waals surface area (Å²) in [5.41, 5.74) is 11.1. The van der Waals surface area contributed by atoms with Gasteiger partial charge in [0.2, 0.25) is 0 Å². The molecule has 4 heteroatoms. The number of hydrogen-bond donors (Lipinski definition) is 0. The Balaban J connectivity index is 1.21. The van der Waals surface area contributed by atoms with Gasteiger partial charge in [-0.1, -0.05) is 35.4 Å². The first-order valence-corrected chi connectivity index (χ1v) is 15.8. The summed E-state index contributed by atoms with van der Waals surface area (Å²) in [5.74, 6) is 2.90. The second kappa shape index (κ2) is 10.4. The molecule has 0 saturated heterocycles. The minimum Gasteiger partial charge on any atom is -0.265 e. The molecular weight excluding hydrogens is 536 g/mol. The Hall–Kier alpha value is -4.88. The summed E-state index contributed by atoms with van der Waals surface area (Å²) < 4.78 is 0. The van der Waals surface area contributed by atoms with Gasteiger partial charge in [-0.3, -0.25) is 19.9 Å². The molecule has 2 saturated carbocycles. The van der Waals surface area contributed by atoms with Crippen LogP contribution in [0.5, 0.6) is 0 Å². The summed E-state index contributed by atoms with van der Waals surface area (Å²) in [7, 11) is 0. The van der Waals surface area contributed by atoms with E-state index in [0.29, 0.717) is 47.3 Å². The first-order valence-electron chi connectivity index (χ1n) is 15.8. The van der Waals surface area contributed by atoms with Crippen LogP contribution >= 0.6 is 0 Å². The standard InChI is InChI=1S/C40H32N4/c1-2-26-4-3-25(1)33-35(39(31-13-21-43-22-14-31)37(33)29-9-17-41-18-10-29)27-5-7-28(8-6-27)36-34(26)38(30-11-19-42-20-12-30)40(36)32-15-23-44-24-16-32/h1-2,5,7,9-24,33-40H,3-4H2. The number of hydrogen-bond acceptors (Lipinski definition) is 4. The summed E-state index contributed by atoms with van der Waals surface area (Å²) >= 11 is 0. The molecule has 4 aromatic heterocycles. The Kier molecular flexibility index (Phi) is 6.04. The summed E-state index contributed by atoms with van der Waals surface area (Å²) in [6, 6.07) is 29.9. The van der Waals surface area contributed by atoms with Crippen molar-refractivity contribution in [3.8, 4) is 0 Å². The molecule has 8 atom stereocenters. The van der Waals surface area contributed by atoms with Gasteiger partial charge in [0.05, 0.1) is 0 Å². The summed E-state index contributed by atoms with van der Waals surface area (Å²) in [4.78, 5) is 17.4. The predicted octanol–water partition coefficient (Wildman–Crippen LogP) is 8.09. The van der Waals surface area contributed by atoms with Gasteiger partial charge in [0.1, 0.15) is 0 Å². The number of allylic oxidation sites excluding steroid dienone is 4. The van der Waals surface area contributed by atoms with Gasteiger partial charge in [0.25, 0.3) is 0 Å². The van der Waals surface area contributed by atoms with E-state index < -0.39 is 0 Å². The van der Waals surface area contributed by atoms with Gasteiger partial charge in [-0.05, 0) is 131 Å². The smallest absolute Gasteiger partial charge is 0.0270 e. The van der Waals surface area contributed by atoms with Crippen molar-refractivity contribution in [3.05, 3.63) is 179 Å². The molecule has 4 heterocycles. The molecule has 0 aliphatic heterocycles. The predicted molar refractivity (Wildman–Crippen MR) is 170 cm³/mol. The van der Waals surface area contributed by atoms with Gasteiger partial charge >= 0.3 is 0 Å². The van der Waals surface area contributed by atoms with Gasteiger partial charge in [0, 0.05) is 72.5 Å². The van der Waals surface area contributed by atoms with Crippen LogP contribution in [0.4, 0.5) is 0 Å². The minimum atomic E-state index is 0.333. The molecule has 1 aromatic carbocycles. The fourth-order valence-corrected chi connectivity index (χ4v) is 9.21. The van der Waals surface area contributed by atoms with Crippen molar-refractivity contribution in [1.82, 2.24) is 19.9 Å². The second-order valence-electron chi connectivity index (χ2n) is 12.8. The van der Waals surface area contributed by atoms with E-state index in [0.717, 1.165) is 12.8 Å². The highest BCUT2D eigenvalue weighted by Gasteiger charge is 2.56. The van der Waals surface area contributed by atoms with Gasteiger partial charge < -0.3 is 0 Å². The van der Waals surface area contributed by atoms with E-state index in [2.05, 4.69) is 105 Å². The van der Waals surface area contributed by atoms with Crippen molar-refractivity contribution in [3.63, 3.8) is 0 Å². The second-order valence-corrected chi connectivity index (χ2v) is 12.8. The van der Waals surface area contributed by atoms with Crippen LogP contribution in [0.25, 0.3) is 0 Å². The molecule has 4 bridgehead atoms. The zero-order valence-corrected chi connectivity index (χ0v) is 24.4. The summed E-state index contributed by atoms with van der Waals surface area (Å²) in [6.45, 7) is 0. The van der Waals surface area contributed by atoms with E-state index in [-0.39, 0.29) is 0 Å². The Morgan fingerprint density at radius 3 is 0.932 bits per heavy atom. The van der Waals surface area contributed by atoms with E-state index >= 15 is 0 Å². The van der Waals surface area contributed by atoms with E-state index in [1.54, 1.807) is 11.1 Å². The van der Waals surface area contributed by atoms with Crippen LogP contribution in [-0.4, -0.2) is 19.9 Å². The number of rotatable bonds is 4. The number of nitrogens with zero attached hydrogens (tertiary/aromatic N) is 4. The lowest BCUT2D eigenvalue weighted by Crippen LogP contribution is -2.45.